The molecule has 0 fully saturated rings. The van der Waals surface area contributed by atoms with Gasteiger partial charge in [0, 0.05) is 24.0 Å². The number of hydrogen-bond donors (Lipinski definition) is 1. The van der Waals surface area contributed by atoms with Crippen molar-refractivity contribution in [2.75, 3.05) is 13.2 Å². The third-order valence-electron chi connectivity index (χ3n) is 2.88. The summed E-state index contributed by atoms with van der Waals surface area (Å²) in [5.74, 6) is 0. The van der Waals surface area contributed by atoms with Crippen molar-refractivity contribution in [1.29, 1.82) is 0 Å². The lowest BCUT2D eigenvalue weighted by Crippen LogP contribution is -2.24. The Hall–Kier alpha value is -0.900. The van der Waals surface area contributed by atoms with Crippen molar-refractivity contribution in [2.24, 2.45) is 5.73 Å². The highest BCUT2D eigenvalue weighted by molar-refractivity contribution is 7.17. The molecule has 0 saturated carbocycles. The van der Waals surface area contributed by atoms with Crippen LogP contribution in [0.15, 0.2) is 29.6 Å². The molecule has 0 bridgehead atoms. The number of hydrogen-bond acceptors (Lipinski definition) is 3. The molecular weight excluding hydrogens is 230 g/mol. The third-order valence-corrected chi connectivity index (χ3v) is 3.89. The lowest BCUT2D eigenvalue weighted by Gasteiger charge is -2.10. The minimum Gasteiger partial charge on any atom is -0.382 e. The molecule has 0 spiro atoms. The summed E-state index contributed by atoms with van der Waals surface area (Å²) in [4.78, 5) is 0. The Labute approximate surface area is 106 Å². The topological polar surface area (TPSA) is 35.2 Å². The van der Waals surface area contributed by atoms with Gasteiger partial charge in [0.1, 0.15) is 0 Å². The van der Waals surface area contributed by atoms with Gasteiger partial charge >= 0.3 is 0 Å². The Morgan fingerprint density at radius 1 is 1.35 bits per heavy atom. The second-order valence-corrected chi connectivity index (χ2v) is 5.12. The maximum Gasteiger partial charge on any atom is 0.0480 e. The number of benzene rings is 1. The number of nitrogens with two attached hydrogens (primary N) is 1. The zero-order valence-electron chi connectivity index (χ0n) is 10.2. The van der Waals surface area contributed by atoms with Gasteiger partial charge in [0.2, 0.25) is 0 Å². The van der Waals surface area contributed by atoms with Gasteiger partial charge in [0.15, 0.2) is 0 Å². The SMILES string of the molecule is CCOCCC(N)Cc1csc2ccccc12. The van der Waals surface area contributed by atoms with Gasteiger partial charge in [-0.1, -0.05) is 18.2 Å². The fourth-order valence-electron chi connectivity index (χ4n) is 1.95. The largest absolute Gasteiger partial charge is 0.382 e. The van der Waals surface area contributed by atoms with Crippen LogP contribution in [0.1, 0.15) is 18.9 Å². The Morgan fingerprint density at radius 3 is 3.00 bits per heavy atom. The second kappa shape index (κ2) is 6.15. The summed E-state index contributed by atoms with van der Waals surface area (Å²) in [7, 11) is 0. The molecule has 1 heterocycles. The Morgan fingerprint density at radius 2 is 2.18 bits per heavy atom. The van der Waals surface area contributed by atoms with E-state index in [0.29, 0.717) is 0 Å². The van der Waals surface area contributed by atoms with Crippen LogP contribution in [0.5, 0.6) is 0 Å². The van der Waals surface area contributed by atoms with Gasteiger partial charge in [0.25, 0.3) is 0 Å². The van der Waals surface area contributed by atoms with E-state index in [1.54, 1.807) is 11.3 Å². The first-order valence-corrected chi connectivity index (χ1v) is 6.97. The molecule has 92 valence electrons. The fraction of sp³-hybridized carbons (Fsp3) is 0.429. The van der Waals surface area contributed by atoms with E-state index in [1.807, 2.05) is 6.92 Å². The summed E-state index contributed by atoms with van der Waals surface area (Å²) >= 11 is 1.80. The summed E-state index contributed by atoms with van der Waals surface area (Å²) < 4.78 is 6.68. The molecule has 1 aromatic carbocycles. The first-order chi connectivity index (χ1) is 8.31. The molecule has 2 nitrogen and oxygen atoms in total. The van der Waals surface area contributed by atoms with Gasteiger partial charge < -0.3 is 10.5 Å². The lowest BCUT2D eigenvalue weighted by atomic mass is 10.0. The van der Waals surface area contributed by atoms with Crippen LogP contribution in [0.3, 0.4) is 0 Å². The maximum atomic E-state index is 6.12. The highest BCUT2D eigenvalue weighted by Crippen LogP contribution is 2.26. The van der Waals surface area contributed by atoms with Gasteiger partial charge in [-0.15, -0.1) is 11.3 Å². The van der Waals surface area contributed by atoms with E-state index in [0.717, 1.165) is 26.1 Å². The minimum atomic E-state index is 0.194. The Kier molecular flexibility index (Phi) is 4.54. The summed E-state index contributed by atoms with van der Waals surface area (Å²) in [5.41, 5.74) is 7.49. The van der Waals surface area contributed by atoms with Crippen molar-refractivity contribution >= 4 is 21.4 Å². The van der Waals surface area contributed by atoms with Gasteiger partial charge in [-0.05, 0) is 42.2 Å². The van der Waals surface area contributed by atoms with Gasteiger partial charge in [0.05, 0.1) is 0 Å². The van der Waals surface area contributed by atoms with Crippen LogP contribution in [-0.4, -0.2) is 19.3 Å². The molecule has 0 saturated heterocycles. The normalized spacial score (nSPS) is 13.1. The van der Waals surface area contributed by atoms with Crippen LogP contribution < -0.4 is 5.73 Å². The maximum absolute atomic E-state index is 6.12. The average Bonchev–Trinajstić information content (AvgIpc) is 2.73. The van der Waals surface area contributed by atoms with E-state index in [9.17, 15) is 0 Å². The van der Waals surface area contributed by atoms with Crippen LogP contribution in [0.4, 0.5) is 0 Å². The van der Waals surface area contributed by atoms with E-state index in [-0.39, 0.29) is 6.04 Å². The van der Waals surface area contributed by atoms with Crippen LogP contribution >= 0.6 is 11.3 Å². The molecule has 3 heteroatoms. The second-order valence-electron chi connectivity index (χ2n) is 4.21. The molecule has 0 radical (unpaired) electrons. The van der Waals surface area contributed by atoms with Crippen molar-refractivity contribution in [3.05, 3.63) is 35.2 Å². The van der Waals surface area contributed by atoms with Crippen molar-refractivity contribution in [2.45, 2.75) is 25.8 Å². The van der Waals surface area contributed by atoms with Crippen LogP contribution in [0.25, 0.3) is 10.1 Å². The number of fused-ring (bicyclic) bond motifs is 1. The average molecular weight is 249 g/mol. The number of rotatable bonds is 6. The van der Waals surface area contributed by atoms with E-state index >= 15 is 0 Å². The molecule has 0 aliphatic rings. The molecule has 1 unspecified atom stereocenters. The van der Waals surface area contributed by atoms with Crippen molar-refractivity contribution in [3.63, 3.8) is 0 Å². The van der Waals surface area contributed by atoms with E-state index in [2.05, 4.69) is 29.6 Å². The fourth-order valence-corrected chi connectivity index (χ4v) is 2.93. The standard InChI is InChI=1S/C14H19NOS/c1-2-16-8-7-12(15)9-11-10-17-14-6-4-3-5-13(11)14/h3-6,10,12H,2,7-9,15H2,1H3. The monoisotopic (exact) mass is 249 g/mol. The van der Waals surface area contributed by atoms with Crippen molar-refractivity contribution < 1.29 is 4.74 Å². The molecule has 0 aliphatic heterocycles. The first kappa shape index (κ1) is 12.6. The highest BCUT2D eigenvalue weighted by Gasteiger charge is 2.08. The number of ether oxygens (including phenoxy) is 1. The van der Waals surface area contributed by atoms with Crippen LogP contribution in [0, 0.1) is 0 Å². The molecule has 1 atom stereocenters. The summed E-state index contributed by atoms with van der Waals surface area (Å²) in [6.07, 6.45) is 1.87. The third kappa shape index (κ3) is 3.28. The predicted molar refractivity (Wildman–Crippen MR) is 74.6 cm³/mol. The minimum absolute atomic E-state index is 0.194. The van der Waals surface area contributed by atoms with Crippen molar-refractivity contribution in [1.82, 2.24) is 0 Å². The molecule has 17 heavy (non-hydrogen) atoms. The van der Waals surface area contributed by atoms with Gasteiger partial charge in [-0.25, -0.2) is 0 Å². The molecule has 2 aromatic rings. The zero-order chi connectivity index (χ0) is 12.1. The molecule has 0 aliphatic carbocycles. The van der Waals surface area contributed by atoms with E-state index < -0.39 is 0 Å². The van der Waals surface area contributed by atoms with E-state index in [1.165, 1.54) is 15.6 Å². The Bertz CT molecular complexity index is 466. The predicted octanol–water partition coefficient (Wildman–Crippen LogP) is 3.20. The summed E-state index contributed by atoms with van der Waals surface area (Å²) in [6, 6.07) is 8.70. The summed E-state index contributed by atoms with van der Waals surface area (Å²) in [5, 5.41) is 3.58. The molecule has 2 N–H and O–H groups in total. The molecular formula is C14H19NOS. The van der Waals surface area contributed by atoms with Crippen LogP contribution in [0.2, 0.25) is 0 Å². The van der Waals surface area contributed by atoms with Crippen molar-refractivity contribution in [3.8, 4) is 0 Å². The highest BCUT2D eigenvalue weighted by atomic mass is 32.1. The van der Waals surface area contributed by atoms with E-state index in [4.69, 9.17) is 10.5 Å². The van der Waals surface area contributed by atoms with Crippen LogP contribution in [-0.2, 0) is 11.2 Å². The lowest BCUT2D eigenvalue weighted by molar-refractivity contribution is 0.140. The molecule has 0 amide bonds. The molecule has 2 rings (SSSR count). The Balaban J connectivity index is 1.98. The smallest absolute Gasteiger partial charge is 0.0480 e. The molecule has 1 aromatic heterocycles. The zero-order valence-corrected chi connectivity index (χ0v) is 11.0. The summed E-state index contributed by atoms with van der Waals surface area (Å²) in [6.45, 7) is 3.55. The quantitative estimate of drug-likeness (QED) is 0.798. The van der Waals surface area contributed by atoms with Gasteiger partial charge in [-0.2, -0.15) is 0 Å². The number of thiophene rings is 1. The first-order valence-electron chi connectivity index (χ1n) is 6.09. The van der Waals surface area contributed by atoms with Gasteiger partial charge in [-0.3, -0.25) is 0 Å².